The van der Waals surface area contributed by atoms with Crippen LogP contribution in [0.3, 0.4) is 0 Å². The minimum atomic E-state index is -0.406. The summed E-state index contributed by atoms with van der Waals surface area (Å²) in [5.74, 6) is 0.838. The predicted molar refractivity (Wildman–Crippen MR) is 126 cm³/mol. The molecule has 0 bridgehead atoms. The Kier molecular flexibility index (Phi) is 7.62. The molecule has 0 saturated heterocycles. The Hall–Kier alpha value is -3.50. The Bertz CT molecular complexity index is 1160. The van der Waals surface area contributed by atoms with E-state index in [-0.39, 0.29) is 18.5 Å². The molecule has 0 spiro atoms. The van der Waals surface area contributed by atoms with Crippen molar-refractivity contribution in [1.29, 1.82) is 5.26 Å². The fourth-order valence-electron chi connectivity index (χ4n) is 3.26. The average molecular weight is 468 g/mol. The van der Waals surface area contributed by atoms with Crippen LogP contribution in [0.15, 0.2) is 47.1 Å². The highest BCUT2D eigenvalue weighted by Crippen LogP contribution is 2.38. The summed E-state index contributed by atoms with van der Waals surface area (Å²) < 4.78 is 16.6. The number of nitriles is 1. The highest BCUT2D eigenvalue weighted by atomic mass is 35.5. The van der Waals surface area contributed by atoms with E-state index < -0.39 is 5.41 Å². The van der Waals surface area contributed by atoms with Crippen LogP contribution in [0, 0.1) is 11.3 Å². The number of benzene rings is 2. The number of carbonyl (C=O) groups excluding carboxylic acids is 1. The average Bonchev–Trinajstić information content (AvgIpc) is 3.23. The zero-order chi connectivity index (χ0) is 24.0. The van der Waals surface area contributed by atoms with Gasteiger partial charge in [0.1, 0.15) is 30.4 Å². The molecule has 172 valence electrons. The van der Waals surface area contributed by atoms with Crippen LogP contribution in [0.5, 0.6) is 11.5 Å². The first-order valence-corrected chi connectivity index (χ1v) is 10.9. The summed E-state index contributed by atoms with van der Waals surface area (Å²) in [6, 6.07) is 13.7. The summed E-state index contributed by atoms with van der Waals surface area (Å²) in [5, 5.41) is 12.5. The van der Waals surface area contributed by atoms with Crippen molar-refractivity contribution in [1.82, 2.24) is 4.98 Å². The van der Waals surface area contributed by atoms with Crippen LogP contribution in [0.25, 0.3) is 0 Å². The molecule has 3 rings (SSSR count). The van der Waals surface area contributed by atoms with Gasteiger partial charge in [0.25, 0.3) is 0 Å². The van der Waals surface area contributed by atoms with Gasteiger partial charge in [0.15, 0.2) is 5.75 Å². The van der Waals surface area contributed by atoms with Crippen molar-refractivity contribution in [3.63, 3.8) is 0 Å². The van der Waals surface area contributed by atoms with Crippen LogP contribution >= 0.6 is 11.6 Å². The lowest BCUT2D eigenvalue weighted by Gasteiger charge is -2.27. The zero-order valence-electron chi connectivity index (χ0n) is 19.1. The Labute approximate surface area is 198 Å². The van der Waals surface area contributed by atoms with Crippen molar-refractivity contribution in [3.05, 3.63) is 70.1 Å². The number of rotatable bonds is 9. The van der Waals surface area contributed by atoms with Crippen molar-refractivity contribution in [2.45, 2.75) is 46.1 Å². The summed E-state index contributed by atoms with van der Waals surface area (Å²) >= 11 is 6.46. The molecule has 1 aromatic heterocycles. The second kappa shape index (κ2) is 10.4. The second-order valence-electron chi connectivity index (χ2n) is 8.06. The molecule has 0 unspecified atom stereocenters. The smallest absolute Gasteiger partial charge is 0.301 e. The van der Waals surface area contributed by atoms with Crippen LogP contribution < -0.4 is 14.8 Å². The van der Waals surface area contributed by atoms with Crippen LogP contribution in [0.2, 0.25) is 5.02 Å². The number of halogens is 1. The lowest BCUT2D eigenvalue weighted by atomic mass is 9.77. The molecule has 8 heteroatoms. The van der Waals surface area contributed by atoms with E-state index in [0.717, 1.165) is 17.5 Å². The number of oxazole rings is 1. The molecule has 0 aliphatic heterocycles. The number of nitrogens with zero attached hydrogens (tertiary/aromatic N) is 2. The topological polar surface area (TPSA) is 97.4 Å². The highest BCUT2D eigenvalue weighted by Gasteiger charge is 2.26. The van der Waals surface area contributed by atoms with E-state index >= 15 is 0 Å². The molecule has 3 aromatic rings. The van der Waals surface area contributed by atoms with E-state index in [9.17, 15) is 10.1 Å². The molecule has 0 saturated carbocycles. The van der Waals surface area contributed by atoms with Crippen molar-refractivity contribution in [2.24, 2.45) is 0 Å². The number of nitrogens with one attached hydrogen (secondary N) is 1. The molecular formula is C25H26ClN3O4. The predicted octanol–water partition coefficient (Wildman–Crippen LogP) is 5.85. The standard InChI is InChI=1S/C25H26ClN3O4/c1-5-10-31-23-17(13-27)11-19(12-22(23)26)25(3,4)18-6-8-21(9-7-18)32-14-20-15-33-24(29-20)28-16(2)30/h6-9,11-12,15H,5,10,14H2,1-4H3,(H,28,29,30). The molecule has 7 nitrogen and oxygen atoms in total. The third kappa shape index (κ3) is 5.85. The fraction of sp³-hybridized carbons (Fsp3) is 0.320. The van der Waals surface area contributed by atoms with E-state index in [2.05, 4.69) is 30.2 Å². The first kappa shape index (κ1) is 24.1. The molecule has 2 aromatic carbocycles. The van der Waals surface area contributed by atoms with Gasteiger partial charge in [0, 0.05) is 12.3 Å². The largest absolute Gasteiger partial charge is 0.491 e. The maximum absolute atomic E-state index is 11.1. The number of anilines is 1. The summed E-state index contributed by atoms with van der Waals surface area (Å²) in [4.78, 5) is 15.2. The number of carbonyl (C=O) groups is 1. The number of ether oxygens (including phenoxy) is 2. The van der Waals surface area contributed by atoms with E-state index in [1.165, 1.54) is 13.2 Å². The molecule has 0 radical (unpaired) electrons. The molecule has 0 aliphatic rings. The number of amides is 1. The quantitative estimate of drug-likeness (QED) is 0.423. The minimum Gasteiger partial charge on any atom is -0.491 e. The van der Waals surface area contributed by atoms with Gasteiger partial charge in [-0.1, -0.05) is 44.5 Å². The minimum absolute atomic E-state index is 0.139. The Balaban J connectivity index is 1.74. The third-order valence-corrected chi connectivity index (χ3v) is 5.41. The van der Waals surface area contributed by atoms with Crippen molar-refractivity contribution >= 4 is 23.5 Å². The first-order chi connectivity index (χ1) is 15.7. The number of hydrogen-bond donors (Lipinski definition) is 1. The Morgan fingerprint density at radius 3 is 2.58 bits per heavy atom. The van der Waals surface area contributed by atoms with Crippen molar-refractivity contribution in [3.8, 4) is 17.6 Å². The second-order valence-corrected chi connectivity index (χ2v) is 8.47. The van der Waals surface area contributed by atoms with Crippen molar-refractivity contribution < 1.29 is 18.7 Å². The van der Waals surface area contributed by atoms with Crippen LogP contribution in [-0.4, -0.2) is 17.5 Å². The molecule has 33 heavy (non-hydrogen) atoms. The maximum Gasteiger partial charge on any atom is 0.301 e. The maximum atomic E-state index is 11.1. The monoisotopic (exact) mass is 467 g/mol. The van der Waals surface area contributed by atoms with E-state index in [1.807, 2.05) is 43.3 Å². The Morgan fingerprint density at radius 2 is 1.94 bits per heavy atom. The van der Waals surface area contributed by atoms with Crippen molar-refractivity contribution in [2.75, 3.05) is 11.9 Å². The molecule has 1 heterocycles. The van der Waals surface area contributed by atoms with E-state index in [0.29, 0.717) is 34.4 Å². The first-order valence-electron chi connectivity index (χ1n) is 10.6. The summed E-state index contributed by atoms with van der Waals surface area (Å²) in [6.45, 7) is 8.22. The Morgan fingerprint density at radius 1 is 1.21 bits per heavy atom. The van der Waals surface area contributed by atoms with E-state index in [1.54, 1.807) is 0 Å². The summed E-state index contributed by atoms with van der Waals surface area (Å²) in [6.07, 6.45) is 2.27. The summed E-state index contributed by atoms with van der Waals surface area (Å²) in [5.41, 5.74) is 2.52. The van der Waals surface area contributed by atoms with Crippen LogP contribution in [0.1, 0.15) is 56.5 Å². The SMILES string of the molecule is CCCOc1c(Cl)cc(C(C)(C)c2ccc(OCc3coc(NC(C)=O)n3)cc2)cc1C#N. The van der Waals surface area contributed by atoms with E-state index in [4.69, 9.17) is 25.5 Å². The van der Waals surface area contributed by atoms with Crippen LogP contribution in [0.4, 0.5) is 6.01 Å². The third-order valence-electron chi connectivity index (χ3n) is 5.13. The molecular weight excluding hydrogens is 442 g/mol. The lowest BCUT2D eigenvalue weighted by Crippen LogP contribution is -2.19. The van der Waals surface area contributed by atoms with Crippen LogP contribution in [-0.2, 0) is 16.8 Å². The van der Waals surface area contributed by atoms with Gasteiger partial charge in [0.05, 0.1) is 17.2 Å². The molecule has 1 N–H and O–H groups in total. The van der Waals surface area contributed by atoms with Gasteiger partial charge in [-0.05, 0) is 41.8 Å². The van der Waals surface area contributed by atoms with Gasteiger partial charge in [-0.15, -0.1) is 0 Å². The van der Waals surface area contributed by atoms with Gasteiger partial charge < -0.3 is 13.9 Å². The molecule has 0 fully saturated rings. The molecule has 0 aliphatic carbocycles. The van der Waals surface area contributed by atoms with Gasteiger partial charge >= 0.3 is 6.01 Å². The van der Waals surface area contributed by atoms with Gasteiger partial charge in [0.2, 0.25) is 5.91 Å². The van der Waals surface area contributed by atoms with Gasteiger partial charge in [-0.2, -0.15) is 10.2 Å². The number of aromatic nitrogens is 1. The van der Waals surface area contributed by atoms with Gasteiger partial charge in [-0.3, -0.25) is 10.1 Å². The molecule has 1 amide bonds. The fourth-order valence-corrected chi connectivity index (χ4v) is 3.54. The molecule has 0 atom stereocenters. The highest BCUT2D eigenvalue weighted by molar-refractivity contribution is 6.32. The van der Waals surface area contributed by atoms with Gasteiger partial charge in [-0.25, -0.2) is 0 Å². The lowest BCUT2D eigenvalue weighted by molar-refractivity contribution is -0.114. The summed E-state index contributed by atoms with van der Waals surface area (Å²) in [7, 11) is 0. The normalized spacial score (nSPS) is 11.0. The zero-order valence-corrected chi connectivity index (χ0v) is 19.8. The number of hydrogen-bond acceptors (Lipinski definition) is 6.